The minimum Gasteiger partial charge on any atom is -0.351 e. The van der Waals surface area contributed by atoms with Crippen LogP contribution in [0.1, 0.15) is 16.9 Å². The summed E-state index contributed by atoms with van der Waals surface area (Å²) in [6.07, 6.45) is 2.71. The molecule has 5 nitrogen and oxygen atoms in total. The first kappa shape index (κ1) is 17.3. The molecule has 1 aromatic rings. The maximum absolute atomic E-state index is 11.9. The molecule has 20 heavy (non-hydrogen) atoms. The number of nitrogens with one attached hydrogen (secondary N) is 2. The Morgan fingerprint density at radius 2 is 2.15 bits per heavy atom. The fraction of sp³-hybridized carbons (Fsp3) is 0.615. The number of carbonyl (C=O) groups is 1. The summed E-state index contributed by atoms with van der Waals surface area (Å²) in [4.78, 5) is 14.3. The number of hydrogen-bond donors (Lipinski definition) is 2. The molecule has 1 amide bonds. The first-order valence-electron chi connectivity index (χ1n) is 6.70. The van der Waals surface area contributed by atoms with Crippen LogP contribution in [0, 0.1) is 0 Å². The maximum atomic E-state index is 11.9. The van der Waals surface area contributed by atoms with E-state index in [9.17, 15) is 4.79 Å². The summed E-state index contributed by atoms with van der Waals surface area (Å²) in [5, 5.41) is 6.85. The van der Waals surface area contributed by atoms with Crippen LogP contribution in [0.15, 0.2) is 12.3 Å². The maximum Gasteiger partial charge on any atom is 0.267 e. The summed E-state index contributed by atoms with van der Waals surface area (Å²) < 4.78 is 1.74. The molecule has 0 radical (unpaired) electrons. The Kier molecular flexibility index (Phi) is 7.37. The Labute approximate surface area is 131 Å². The van der Waals surface area contributed by atoms with Crippen molar-refractivity contribution in [3.8, 4) is 0 Å². The number of aromatic nitrogens is 1. The number of amides is 1. The van der Waals surface area contributed by atoms with Crippen molar-refractivity contribution in [2.75, 3.05) is 39.3 Å². The van der Waals surface area contributed by atoms with Gasteiger partial charge in [-0.3, -0.25) is 4.79 Å². The summed E-state index contributed by atoms with van der Waals surface area (Å²) >= 11 is 5.86. The second kappa shape index (κ2) is 8.52. The van der Waals surface area contributed by atoms with Gasteiger partial charge in [-0.05, 0) is 19.0 Å². The summed E-state index contributed by atoms with van der Waals surface area (Å²) in [5.74, 6) is -0.0605. The summed E-state index contributed by atoms with van der Waals surface area (Å²) in [5.41, 5.74) is 0.604. The van der Waals surface area contributed by atoms with Gasteiger partial charge in [-0.25, -0.2) is 0 Å². The molecule has 2 N–H and O–H groups in total. The molecule has 1 aromatic heterocycles. The van der Waals surface area contributed by atoms with Crippen molar-refractivity contribution in [1.29, 1.82) is 0 Å². The molecule has 114 valence electrons. The van der Waals surface area contributed by atoms with Crippen LogP contribution in [-0.2, 0) is 7.05 Å². The van der Waals surface area contributed by atoms with E-state index >= 15 is 0 Å². The number of halogens is 2. The molecule has 2 rings (SSSR count). The SMILES string of the molecule is Cl.Cn1cc(Cl)cc1C(=O)NCCCN1CCNCC1. The molecular weight excluding hydrogens is 299 g/mol. The Morgan fingerprint density at radius 3 is 2.75 bits per heavy atom. The van der Waals surface area contributed by atoms with E-state index in [1.54, 1.807) is 16.8 Å². The molecule has 1 fully saturated rings. The largest absolute Gasteiger partial charge is 0.351 e. The lowest BCUT2D eigenvalue weighted by Gasteiger charge is -2.27. The van der Waals surface area contributed by atoms with E-state index in [1.165, 1.54) is 0 Å². The fourth-order valence-electron chi connectivity index (χ4n) is 2.28. The van der Waals surface area contributed by atoms with E-state index in [0.29, 0.717) is 17.3 Å². The zero-order chi connectivity index (χ0) is 13.7. The molecule has 0 spiro atoms. The van der Waals surface area contributed by atoms with Crippen LogP contribution < -0.4 is 10.6 Å². The predicted octanol–water partition coefficient (Wildman–Crippen LogP) is 1.13. The molecule has 0 aromatic carbocycles. The molecular formula is C13H22Cl2N4O. The molecule has 0 atom stereocenters. The van der Waals surface area contributed by atoms with Crippen molar-refractivity contribution in [1.82, 2.24) is 20.1 Å². The Balaban J connectivity index is 0.00000200. The van der Waals surface area contributed by atoms with E-state index in [-0.39, 0.29) is 18.3 Å². The van der Waals surface area contributed by atoms with Crippen molar-refractivity contribution in [2.24, 2.45) is 7.05 Å². The van der Waals surface area contributed by atoms with E-state index in [4.69, 9.17) is 11.6 Å². The fourth-order valence-corrected chi connectivity index (χ4v) is 2.53. The number of rotatable bonds is 5. The van der Waals surface area contributed by atoms with Gasteiger partial charge in [0.05, 0.1) is 5.02 Å². The molecule has 1 aliphatic heterocycles. The Hall–Kier alpha value is -0.750. The third kappa shape index (κ3) is 4.98. The van der Waals surface area contributed by atoms with E-state index in [2.05, 4.69) is 15.5 Å². The molecule has 7 heteroatoms. The molecule has 0 aliphatic carbocycles. The first-order chi connectivity index (χ1) is 9.16. The first-order valence-corrected chi connectivity index (χ1v) is 7.08. The molecule has 0 unspecified atom stereocenters. The van der Waals surface area contributed by atoms with Crippen molar-refractivity contribution in [3.63, 3.8) is 0 Å². The monoisotopic (exact) mass is 320 g/mol. The standard InChI is InChI=1S/C13H21ClN4O.ClH/c1-17-10-11(14)9-12(17)13(19)16-3-2-6-18-7-4-15-5-8-18;/h9-10,15H,2-8H2,1H3,(H,16,19);1H. The lowest BCUT2D eigenvalue weighted by atomic mass is 10.3. The van der Waals surface area contributed by atoms with Crippen LogP contribution in [-0.4, -0.2) is 54.6 Å². The van der Waals surface area contributed by atoms with Crippen LogP contribution in [0.4, 0.5) is 0 Å². The predicted molar refractivity (Wildman–Crippen MR) is 83.9 cm³/mol. The van der Waals surface area contributed by atoms with Crippen molar-refractivity contribution in [2.45, 2.75) is 6.42 Å². The summed E-state index contributed by atoms with van der Waals surface area (Å²) in [6, 6.07) is 1.69. The zero-order valence-corrected chi connectivity index (χ0v) is 13.3. The minimum absolute atomic E-state index is 0. The zero-order valence-electron chi connectivity index (χ0n) is 11.7. The smallest absolute Gasteiger partial charge is 0.267 e. The van der Waals surface area contributed by atoms with Gasteiger partial charge < -0.3 is 20.1 Å². The van der Waals surface area contributed by atoms with Crippen LogP contribution in [0.5, 0.6) is 0 Å². The van der Waals surface area contributed by atoms with Gasteiger partial charge in [0, 0.05) is 46.0 Å². The highest BCUT2D eigenvalue weighted by atomic mass is 35.5. The van der Waals surface area contributed by atoms with Crippen LogP contribution in [0.25, 0.3) is 0 Å². The van der Waals surface area contributed by atoms with Crippen molar-refractivity contribution in [3.05, 3.63) is 23.0 Å². The lowest BCUT2D eigenvalue weighted by Crippen LogP contribution is -2.44. The van der Waals surface area contributed by atoms with Crippen molar-refractivity contribution >= 4 is 29.9 Å². The Bertz CT molecular complexity index is 430. The third-order valence-corrected chi connectivity index (χ3v) is 3.56. The lowest BCUT2D eigenvalue weighted by molar-refractivity contribution is 0.0943. The molecule has 1 saturated heterocycles. The highest BCUT2D eigenvalue weighted by molar-refractivity contribution is 6.31. The van der Waals surface area contributed by atoms with Crippen LogP contribution in [0.2, 0.25) is 5.02 Å². The number of carbonyl (C=O) groups excluding carboxylic acids is 1. The average molecular weight is 321 g/mol. The van der Waals surface area contributed by atoms with E-state index in [0.717, 1.165) is 39.1 Å². The average Bonchev–Trinajstić information content (AvgIpc) is 2.75. The van der Waals surface area contributed by atoms with Gasteiger partial charge in [-0.1, -0.05) is 11.6 Å². The van der Waals surface area contributed by atoms with E-state index < -0.39 is 0 Å². The molecule has 2 heterocycles. The Morgan fingerprint density at radius 1 is 1.45 bits per heavy atom. The van der Waals surface area contributed by atoms with Gasteiger partial charge in [0.25, 0.3) is 5.91 Å². The van der Waals surface area contributed by atoms with Gasteiger partial charge in [-0.15, -0.1) is 12.4 Å². The van der Waals surface area contributed by atoms with Crippen molar-refractivity contribution < 1.29 is 4.79 Å². The number of aryl methyl sites for hydroxylation is 1. The van der Waals surface area contributed by atoms with Crippen LogP contribution in [0.3, 0.4) is 0 Å². The number of piperazine rings is 1. The van der Waals surface area contributed by atoms with E-state index in [1.807, 2.05) is 7.05 Å². The quantitative estimate of drug-likeness (QED) is 0.799. The van der Waals surface area contributed by atoms with Gasteiger partial charge in [0.15, 0.2) is 0 Å². The third-order valence-electron chi connectivity index (χ3n) is 3.35. The minimum atomic E-state index is -0.0605. The van der Waals surface area contributed by atoms with Gasteiger partial charge in [-0.2, -0.15) is 0 Å². The molecule has 0 bridgehead atoms. The van der Waals surface area contributed by atoms with Gasteiger partial charge >= 0.3 is 0 Å². The van der Waals surface area contributed by atoms with Gasteiger partial charge in [0.1, 0.15) is 5.69 Å². The topological polar surface area (TPSA) is 49.3 Å². The van der Waals surface area contributed by atoms with Gasteiger partial charge in [0.2, 0.25) is 0 Å². The summed E-state index contributed by atoms with van der Waals surface area (Å²) in [7, 11) is 1.82. The molecule has 0 saturated carbocycles. The molecule has 1 aliphatic rings. The highest BCUT2D eigenvalue weighted by Gasteiger charge is 2.11. The second-order valence-corrected chi connectivity index (χ2v) is 5.29. The highest BCUT2D eigenvalue weighted by Crippen LogP contribution is 2.12. The van der Waals surface area contributed by atoms with Crippen LogP contribution >= 0.6 is 24.0 Å². The number of hydrogen-bond acceptors (Lipinski definition) is 3. The number of nitrogens with zero attached hydrogens (tertiary/aromatic N) is 2. The normalized spacial score (nSPS) is 15.7. The second-order valence-electron chi connectivity index (χ2n) is 4.86. The summed E-state index contributed by atoms with van der Waals surface area (Å²) in [6.45, 7) is 6.06.